The Bertz CT molecular complexity index is 233. The highest BCUT2D eigenvalue weighted by Crippen LogP contribution is 2.32. The molecule has 2 saturated heterocycles. The lowest BCUT2D eigenvalue weighted by atomic mass is 9.80. The lowest BCUT2D eigenvalue weighted by Crippen LogP contribution is -2.33. The van der Waals surface area contributed by atoms with Gasteiger partial charge in [0.1, 0.15) is 0 Å². The topological polar surface area (TPSA) is 18.5 Å². The minimum absolute atomic E-state index is 0.512. The van der Waals surface area contributed by atoms with Crippen LogP contribution in [0.3, 0.4) is 0 Å². The number of hydrogen-bond acceptors (Lipinski definition) is 2. The highest BCUT2D eigenvalue weighted by atomic mass is 16.5. The SMILES string of the molecule is CC(C)C1COCC(CC(C)C2CCCCO2)C1. The average molecular weight is 254 g/mol. The first-order valence-electron chi connectivity index (χ1n) is 7.86. The number of ether oxygens (including phenoxy) is 2. The van der Waals surface area contributed by atoms with Crippen LogP contribution in [0.1, 0.15) is 52.9 Å². The van der Waals surface area contributed by atoms with E-state index in [2.05, 4.69) is 20.8 Å². The van der Waals surface area contributed by atoms with E-state index in [1.807, 2.05) is 0 Å². The van der Waals surface area contributed by atoms with Gasteiger partial charge in [-0.05, 0) is 55.8 Å². The van der Waals surface area contributed by atoms with Crippen LogP contribution in [0.15, 0.2) is 0 Å². The summed E-state index contributed by atoms with van der Waals surface area (Å²) < 4.78 is 11.7. The first-order chi connectivity index (χ1) is 8.66. The molecule has 2 heteroatoms. The lowest BCUT2D eigenvalue weighted by molar-refractivity contribution is -0.0432. The normalized spacial score (nSPS) is 35.7. The molecular formula is C16H30O2. The Kier molecular flexibility index (Phi) is 5.50. The standard InChI is InChI=1S/C16H30O2/c1-12(2)15-9-14(10-17-11-15)8-13(3)16-6-4-5-7-18-16/h12-16H,4-11H2,1-3H3. The van der Waals surface area contributed by atoms with E-state index in [0.717, 1.165) is 37.6 Å². The lowest BCUT2D eigenvalue weighted by Gasteiger charge is -2.35. The van der Waals surface area contributed by atoms with Gasteiger partial charge in [-0.2, -0.15) is 0 Å². The van der Waals surface area contributed by atoms with Gasteiger partial charge in [0.25, 0.3) is 0 Å². The van der Waals surface area contributed by atoms with Crippen molar-refractivity contribution in [3.05, 3.63) is 0 Å². The van der Waals surface area contributed by atoms with E-state index in [9.17, 15) is 0 Å². The molecule has 18 heavy (non-hydrogen) atoms. The van der Waals surface area contributed by atoms with Crippen molar-refractivity contribution in [1.29, 1.82) is 0 Å². The zero-order valence-corrected chi connectivity index (χ0v) is 12.4. The second-order valence-corrected chi connectivity index (χ2v) is 6.76. The Balaban J connectivity index is 1.77. The minimum atomic E-state index is 0.512. The van der Waals surface area contributed by atoms with Gasteiger partial charge in [-0.25, -0.2) is 0 Å². The Hall–Kier alpha value is -0.0800. The molecule has 0 aliphatic carbocycles. The van der Waals surface area contributed by atoms with Crippen molar-refractivity contribution in [3.8, 4) is 0 Å². The monoisotopic (exact) mass is 254 g/mol. The van der Waals surface area contributed by atoms with E-state index in [4.69, 9.17) is 9.47 Å². The fraction of sp³-hybridized carbons (Fsp3) is 1.00. The molecule has 106 valence electrons. The average Bonchev–Trinajstić information content (AvgIpc) is 2.40. The van der Waals surface area contributed by atoms with Gasteiger partial charge in [-0.15, -0.1) is 0 Å². The summed E-state index contributed by atoms with van der Waals surface area (Å²) in [5.74, 6) is 2.98. The molecule has 2 heterocycles. The molecule has 2 aliphatic heterocycles. The molecule has 0 spiro atoms. The third kappa shape index (κ3) is 3.96. The summed E-state index contributed by atoms with van der Waals surface area (Å²) in [6.45, 7) is 9.94. The molecule has 4 unspecified atom stereocenters. The van der Waals surface area contributed by atoms with Gasteiger partial charge in [0.2, 0.25) is 0 Å². The fourth-order valence-electron chi connectivity index (χ4n) is 3.47. The second-order valence-electron chi connectivity index (χ2n) is 6.76. The van der Waals surface area contributed by atoms with Crippen LogP contribution in [-0.2, 0) is 9.47 Å². The van der Waals surface area contributed by atoms with Crippen LogP contribution in [0, 0.1) is 23.7 Å². The van der Waals surface area contributed by atoms with E-state index >= 15 is 0 Å². The molecule has 0 N–H and O–H groups in total. The quantitative estimate of drug-likeness (QED) is 0.757. The molecule has 4 atom stereocenters. The van der Waals surface area contributed by atoms with E-state index in [1.54, 1.807) is 0 Å². The predicted molar refractivity (Wildman–Crippen MR) is 74.6 cm³/mol. The van der Waals surface area contributed by atoms with Gasteiger partial charge in [0.15, 0.2) is 0 Å². The van der Waals surface area contributed by atoms with E-state index in [1.165, 1.54) is 32.1 Å². The molecule has 0 saturated carbocycles. The second kappa shape index (κ2) is 6.91. The zero-order chi connectivity index (χ0) is 13.0. The summed E-state index contributed by atoms with van der Waals surface area (Å²) in [4.78, 5) is 0. The van der Waals surface area contributed by atoms with Crippen LogP contribution in [0.4, 0.5) is 0 Å². The van der Waals surface area contributed by atoms with Crippen molar-refractivity contribution in [3.63, 3.8) is 0 Å². The molecule has 0 aromatic carbocycles. The summed E-state index contributed by atoms with van der Waals surface area (Å²) >= 11 is 0. The van der Waals surface area contributed by atoms with Crippen LogP contribution < -0.4 is 0 Å². The third-order valence-corrected chi connectivity index (χ3v) is 4.82. The van der Waals surface area contributed by atoms with Crippen LogP contribution in [0.25, 0.3) is 0 Å². The minimum Gasteiger partial charge on any atom is -0.381 e. The number of rotatable bonds is 4. The Morgan fingerprint density at radius 2 is 1.94 bits per heavy atom. The maximum absolute atomic E-state index is 5.91. The summed E-state index contributed by atoms with van der Waals surface area (Å²) in [6.07, 6.45) is 7.03. The van der Waals surface area contributed by atoms with Crippen LogP contribution in [0.2, 0.25) is 0 Å². The smallest absolute Gasteiger partial charge is 0.0600 e. The molecule has 0 aromatic heterocycles. The van der Waals surface area contributed by atoms with Gasteiger partial charge >= 0.3 is 0 Å². The Labute approximate surface area is 112 Å². The largest absolute Gasteiger partial charge is 0.381 e. The zero-order valence-electron chi connectivity index (χ0n) is 12.4. The Morgan fingerprint density at radius 1 is 1.11 bits per heavy atom. The maximum atomic E-state index is 5.91. The number of hydrogen-bond donors (Lipinski definition) is 0. The van der Waals surface area contributed by atoms with Crippen molar-refractivity contribution in [2.75, 3.05) is 19.8 Å². The highest BCUT2D eigenvalue weighted by molar-refractivity contribution is 4.78. The first-order valence-corrected chi connectivity index (χ1v) is 7.86. The summed E-state index contributed by atoms with van der Waals surface area (Å²) in [6, 6.07) is 0. The van der Waals surface area contributed by atoms with Crippen LogP contribution >= 0.6 is 0 Å². The molecule has 0 bridgehead atoms. The van der Waals surface area contributed by atoms with Gasteiger partial charge in [-0.3, -0.25) is 0 Å². The Morgan fingerprint density at radius 3 is 2.61 bits per heavy atom. The van der Waals surface area contributed by atoms with Crippen LogP contribution in [-0.4, -0.2) is 25.9 Å². The molecule has 2 fully saturated rings. The molecular weight excluding hydrogens is 224 g/mol. The fourth-order valence-corrected chi connectivity index (χ4v) is 3.47. The van der Waals surface area contributed by atoms with Crippen molar-refractivity contribution >= 4 is 0 Å². The molecule has 0 radical (unpaired) electrons. The molecule has 0 amide bonds. The van der Waals surface area contributed by atoms with Gasteiger partial charge < -0.3 is 9.47 Å². The molecule has 2 nitrogen and oxygen atoms in total. The van der Waals surface area contributed by atoms with Gasteiger partial charge in [0, 0.05) is 19.8 Å². The van der Waals surface area contributed by atoms with E-state index < -0.39 is 0 Å². The molecule has 2 rings (SSSR count). The van der Waals surface area contributed by atoms with E-state index in [0.29, 0.717) is 12.0 Å². The van der Waals surface area contributed by atoms with E-state index in [-0.39, 0.29) is 0 Å². The maximum Gasteiger partial charge on any atom is 0.0600 e. The highest BCUT2D eigenvalue weighted by Gasteiger charge is 2.29. The van der Waals surface area contributed by atoms with Crippen molar-refractivity contribution in [2.45, 2.75) is 59.0 Å². The van der Waals surface area contributed by atoms with Crippen molar-refractivity contribution in [1.82, 2.24) is 0 Å². The predicted octanol–water partition coefficient (Wildman–Crippen LogP) is 3.89. The summed E-state index contributed by atoms with van der Waals surface area (Å²) in [5, 5.41) is 0. The van der Waals surface area contributed by atoms with Gasteiger partial charge in [-0.1, -0.05) is 20.8 Å². The first kappa shape index (κ1) is 14.3. The van der Waals surface area contributed by atoms with Crippen LogP contribution in [0.5, 0.6) is 0 Å². The summed E-state index contributed by atoms with van der Waals surface area (Å²) in [7, 11) is 0. The third-order valence-electron chi connectivity index (χ3n) is 4.82. The van der Waals surface area contributed by atoms with Gasteiger partial charge in [0.05, 0.1) is 6.10 Å². The van der Waals surface area contributed by atoms with Crippen molar-refractivity contribution < 1.29 is 9.47 Å². The molecule has 0 aromatic rings. The van der Waals surface area contributed by atoms with Crippen molar-refractivity contribution in [2.24, 2.45) is 23.7 Å². The molecule has 2 aliphatic rings. The summed E-state index contributed by atoms with van der Waals surface area (Å²) in [5.41, 5.74) is 0.